The molecule has 0 unspecified atom stereocenters. The number of halogens is 1. The van der Waals surface area contributed by atoms with E-state index in [2.05, 4.69) is 5.32 Å². The van der Waals surface area contributed by atoms with Crippen molar-refractivity contribution in [3.05, 3.63) is 56.6 Å². The van der Waals surface area contributed by atoms with E-state index in [4.69, 9.17) is 4.74 Å². The van der Waals surface area contributed by atoms with Crippen molar-refractivity contribution in [1.82, 2.24) is 4.57 Å². The molecular formula is C19H21FN2O3. The second-order valence-corrected chi connectivity index (χ2v) is 6.23. The third-order valence-electron chi connectivity index (χ3n) is 4.51. The average molecular weight is 344 g/mol. The van der Waals surface area contributed by atoms with E-state index in [1.54, 1.807) is 33.0 Å². The zero-order valence-electron chi connectivity index (χ0n) is 14.6. The number of carbonyl (C=O) groups is 1. The van der Waals surface area contributed by atoms with Crippen molar-refractivity contribution >= 4 is 17.5 Å². The fraction of sp³-hybridized carbons (Fsp3) is 0.368. The van der Waals surface area contributed by atoms with Crippen LogP contribution in [0, 0.1) is 12.7 Å². The molecule has 1 aliphatic carbocycles. The molecular weight excluding hydrogens is 323 g/mol. The number of pyridine rings is 1. The number of aryl methyl sites for hydroxylation is 1. The Kier molecular flexibility index (Phi) is 4.61. The highest BCUT2D eigenvalue weighted by atomic mass is 19.1. The van der Waals surface area contributed by atoms with Crippen LogP contribution in [-0.4, -0.2) is 17.1 Å². The summed E-state index contributed by atoms with van der Waals surface area (Å²) >= 11 is 0. The summed E-state index contributed by atoms with van der Waals surface area (Å²) in [5, 5.41) is 2.93. The molecule has 1 aliphatic rings. The lowest BCUT2D eigenvalue weighted by molar-refractivity contribution is 0.0525. The molecule has 0 atom stereocenters. The van der Waals surface area contributed by atoms with Crippen LogP contribution in [0.5, 0.6) is 0 Å². The largest absolute Gasteiger partial charge is 0.462 e. The molecule has 0 radical (unpaired) electrons. The number of nitrogens with one attached hydrogen (secondary N) is 1. The number of anilines is 2. The number of aromatic nitrogens is 1. The van der Waals surface area contributed by atoms with E-state index in [9.17, 15) is 14.0 Å². The van der Waals surface area contributed by atoms with Gasteiger partial charge >= 0.3 is 5.97 Å². The molecule has 0 aliphatic heterocycles. The number of fused-ring (bicyclic) bond motifs is 1. The molecule has 1 N–H and O–H groups in total. The van der Waals surface area contributed by atoms with Gasteiger partial charge in [0.05, 0.1) is 12.3 Å². The monoisotopic (exact) mass is 344 g/mol. The maximum atomic E-state index is 14.3. The Labute approximate surface area is 145 Å². The number of hydrogen-bond donors (Lipinski definition) is 1. The Hall–Kier alpha value is -2.63. The Balaban J connectivity index is 2.19. The van der Waals surface area contributed by atoms with E-state index >= 15 is 0 Å². The van der Waals surface area contributed by atoms with Crippen LogP contribution in [0.15, 0.2) is 23.0 Å². The first-order valence-electron chi connectivity index (χ1n) is 8.39. The lowest BCUT2D eigenvalue weighted by Gasteiger charge is -2.19. The van der Waals surface area contributed by atoms with Crippen LogP contribution in [0.4, 0.5) is 15.9 Å². The molecule has 6 heteroatoms. The Morgan fingerprint density at radius 3 is 2.72 bits per heavy atom. The summed E-state index contributed by atoms with van der Waals surface area (Å²) in [6.07, 6.45) is 2.11. The molecule has 0 bridgehead atoms. The van der Waals surface area contributed by atoms with Crippen LogP contribution >= 0.6 is 0 Å². The van der Waals surface area contributed by atoms with Gasteiger partial charge in [-0.25, -0.2) is 9.18 Å². The molecule has 1 aromatic heterocycles. The summed E-state index contributed by atoms with van der Waals surface area (Å²) in [6, 6.07) is 4.76. The van der Waals surface area contributed by atoms with Gasteiger partial charge in [-0.3, -0.25) is 9.36 Å². The topological polar surface area (TPSA) is 60.3 Å². The molecule has 5 nitrogen and oxygen atoms in total. The van der Waals surface area contributed by atoms with Crippen LogP contribution < -0.4 is 10.9 Å². The quantitative estimate of drug-likeness (QED) is 0.865. The van der Waals surface area contributed by atoms with Crippen LogP contribution in [0.3, 0.4) is 0 Å². The molecule has 132 valence electrons. The van der Waals surface area contributed by atoms with E-state index < -0.39 is 11.8 Å². The van der Waals surface area contributed by atoms with Gasteiger partial charge in [0, 0.05) is 12.6 Å². The zero-order valence-corrected chi connectivity index (χ0v) is 14.6. The second-order valence-electron chi connectivity index (χ2n) is 6.23. The molecule has 1 aromatic carbocycles. The second kappa shape index (κ2) is 6.70. The van der Waals surface area contributed by atoms with Crippen molar-refractivity contribution in [2.24, 2.45) is 7.05 Å². The number of carbonyl (C=O) groups excluding carboxylic acids is 1. The fourth-order valence-electron chi connectivity index (χ4n) is 3.29. The van der Waals surface area contributed by atoms with Crippen molar-refractivity contribution in [2.45, 2.75) is 33.1 Å². The van der Waals surface area contributed by atoms with Crippen LogP contribution in [0.1, 0.15) is 40.4 Å². The van der Waals surface area contributed by atoms with Crippen LogP contribution in [0.2, 0.25) is 0 Å². The fourth-order valence-corrected chi connectivity index (χ4v) is 3.29. The molecule has 0 fully saturated rings. The summed E-state index contributed by atoms with van der Waals surface area (Å²) in [6.45, 7) is 3.75. The minimum Gasteiger partial charge on any atom is -0.462 e. The number of benzene rings is 1. The van der Waals surface area contributed by atoms with E-state index in [1.165, 1.54) is 10.6 Å². The van der Waals surface area contributed by atoms with Gasteiger partial charge < -0.3 is 10.1 Å². The summed E-state index contributed by atoms with van der Waals surface area (Å²) < 4.78 is 20.8. The predicted octanol–water partition coefficient (Wildman–Crippen LogP) is 3.24. The smallest absolute Gasteiger partial charge is 0.342 e. The number of hydrogen-bond acceptors (Lipinski definition) is 4. The first-order valence-corrected chi connectivity index (χ1v) is 8.39. The Morgan fingerprint density at radius 1 is 1.32 bits per heavy atom. The Bertz CT molecular complexity index is 903. The molecule has 2 aromatic rings. The predicted molar refractivity (Wildman–Crippen MR) is 94.1 cm³/mol. The van der Waals surface area contributed by atoms with Crippen molar-refractivity contribution < 1.29 is 13.9 Å². The van der Waals surface area contributed by atoms with Crippen molar-refractivity contribution in [3.8, 4) is 0 Å². The lowest BCUT2D eigenvalue weighted by atomic mass is 10.0. The van der Waals surface area contributed by atoms with Gasteiger partial charge in [-0.2, -0.15) is 0 Å². The van der Waals surface area contributed by atoms with E-state index in [-0.39, 0.29) is 23.7 Å². The van der Waals surface area contributed by atoms with Gasteiger partial charge in [0.15, 0.2) is 0 Å². The number of esters is 1. The van der Waals surface area contributed by atoms with Gasteiger partial charge in [0.25, 0.3) is 5.56 Å². The van der Waals surface area contributed by atoms with E-state index in [1.807, 2.05) is 0 Å². The average Bonchev–Trinajstić information content (AvgIpc) is 3.04. The molecule has 0 saturated carbocycles. The van der Waals surface area contributed by atoms with Crippen LogP contribution in [0.25, 0.3) is 0 Å². The Morgan fingerprint density at radius 2 is 2.04 bits per heavy atom. The number of rotatable bonds is 4. The van der Waals surface area contributed by atoms with Crippen LogP contribution in [-0.2, 0) is 24.6 Å². The standard InChI is InChI=1S/C19H21FN2O3/c1-4-25-19(24)16-12-6-5-7-13(12)18(23)22(3)17(16)21-15-9-8-11(2)10-14(15)20/h8-10,21H,4-7H2,1-3H3. The van der Waals surface area contributed by atoms with Gasteiger partial charge in [0.2, 0.25) is 0 Å². The first kappa shape index (κ1) is 17.2. The summed E-state index contributed by atoms with van der Waals surface area (Å²) in [5.41, 5.74) is 2.55. The molecule has 3 rings (SSSR count). The maximum Gasteiger partial charge on any atom is 0.342 e. The maximum absolute atomic E-state index is 14.3. The molecule has 0 amide bonds. The van der Waals surface area contributed by atoms with E-state index in [0.29, 0.717) is 24.0 Å². The number of nitrogens with zero attached hydrogens (tertiary/aromatic N) is 1. The normalized spacial score (nSPS) is 12.8. The molecule has 0 spiro atoms. The first-order chi connectivity index (χ1) is 11.9. The molecule has 1 heterocycles. The van der Waals surface area contributed by atoms with Gasteiger partial charge in [0.1, 0.15) is 17.2 Å². The van der Waals surface area contributed by atoms with Gasteiger partial charge in [-0.1, -0.05) is 6.07 Å². The summed E-state index contributed by atoms with van der Waals surface area (Å²) in [7, 11) is 1.58. The van der Waals surface area contributed by atoms with Gasteiger partial charge in [-0.05, 0) is 56.4 Å². The van der Waals surface area contributed by atoms with Crippen molar-refractivity contribution in [3.63, 3.8) is 0 Å². The van der Waals surface area contributed by atoms with Crippen molar-refractivity contribution in [2.75, 3.05) is 11.9 Å². The lowest BCUT2D eigenvalue weighted by Crippen LogP contribution is -2.27. The highest BCUT2D eigenvalue weighted by Crippen LogP contribution is 2.31. The summed E-state index contributed by atoms with van der Waals surface area (Å²) in [4.78, 5) is 25.2. The zero-order chi connectivity index (χ0) is 18.1. The molecule has 25 heavy (non-hydrogen) atoms. The minimum absolute atomic E-state index is 0.157. The van der Waals surface area contributed by atoms with Gasteiger partial charge in [-0.15, -0.1) is 0 Å². The minimum atomic E-state index is -0.494. The molecule has 0 saturated heterocycles. The SMILES string of the molecule is CCOC(=O)c1c2c(c(=O)n(C)c1Nc1ccc(C)cc1F)CCC2. The third kappa shape index (κ3) is 3.04. The summed E-state index contributed by atoms with van der Waals surface area (Å²) in [5.74, 6) is -0.666. The number of ether oxygens (including phenoxy) is 1. The highest BCUT2D eigenvalue weighted by molar-refractivity contribution is 5.97. The van der Waals surface area contributed by atoms with E-state index in [0.717, 1.165) is 17.5 Å². The van der Waals surface area contributed by atoms with Crippen molar-refractivity contribution in [1.29, 1.82) is 0 Å². The third-order valence-corrected chi connectivity index (χ3v) is 4.51. The highest BCUT2D eigenvalue weighted by Gasteiger charge is 2.28.